The summed E-state index contributed by atoms with van der Waals surface area (Å²) in [4.78, 5) is 31.7. The number of carbonyl (C=O) groups is 1. The highest BCUT2D eigenvalue weighted by molar-refractivity contribution is 7.13. The van der Waals surface area contributed by atoms with E-state index >= 15 is 0 Å². The van der Waals surface area contributed by atoms with Crippen molar-refractivity contribution < 1.29 is 4.79 Å². The van der Waals surface area contributed by atoms with Crippen LogP contribution in [0.1, 0.15) is 18.3 Å². The molecule has 0 aliphatic heterocycles. The van der Waals surface area contributed by atoms with Crippen LogP contribution in [-0.2, 0) is 11.3 Å². The van der Waals surface area contributed by atoms with Gasteiger partial charge in [-0.25, -0.2) is 9.78 Å². The first-order valence-corrected chi connectivity index (χ1v) is 7.84. The van der Waals surface area contributed by atoms with Crippen molar-refractivity contribution in [3.63, 3.8) is 0 Å². The molecule has 2 N–H and O–H groups in total. The fourth-order valence-corrected chi connectivity index (χ4v) is 2.56. The van der Waals surface area contributed by atoms with E-state index in [4.69, 9.17) is 0 Å². The maximum atomic E-state index is 11.9. The lowest BCUT2D eigenvalue weighted by Gasteiger charge is -2.14. The quantitative estimate of drug-likeness (QED) is 0.826. The van der Waals surface area contributed by atoms with E-state index in [2.05, 4.69) is 20.6 Å². The average molecular weight is 321 g/mol. The molecular weight excluding hydrogens is 302 g/mol. The van der Waals surface area contributed by atoms with Gasteiger partial charge in [-0.1, -0.05) is 0 Å². The van der Waals surface area contributed by atoms with E-state index < -0.39 is 0 Å². The number of hydrogen-bond donors (Lipinski definition) is 2. The Labute approximate surface area is 132 Å². The summed E-state index contributed by atoms with van der Waals surface area (Å²) in [6, 6.07) is 1.48. The molecule has 0 spiro atoms. The molecule has 0 radical (unpaired) electrons. The number of anilines is 1. The van der Waals surface area contributed by atoms with Gasteiger partial charge in [-0.3, -0.25) is 9.36 Å². The van der Waals surface area contributed by atoms with Gasteiger partial charge in [0.25, 0.3) is 0 Å². The van der Waals surface area contributed by atoms with Crippen molar-refractivity contribution in [2.24, 2.45) is 0 Å². The van der Waals surface area contributed by atoms with Crippen molar-refractivity contribution >= 4 is 22.4 Å². The molecule has 2 aromatic heterocycles. The minimum absolute atomic E-state index is 0.152. The van der Waals surface area contributed by atoms with Gasteiger partial charge in [-0.15, -0.1) is 11.3 Å². The van der Waals surface area contributed by atoms with Crippen LogP contribution in [0.4, 0.5) is 5.13 Å². The molecule has 0 aliphatic carbocycles. The minimum Gasteiger partial charge on any atom is -0.304 e. The van der Waals surface area contributed by atoms with Gasteiger partial charge >= 0.3 is 5.69 Å². The Morgan fingerprint density at radius 3 is 2.86 bits per heavy atom. The Hall–Kier alpha value is -2.06. The van der Waals surface area contributed by atoms with E-state index in [0.29, 0.717) is 23.9 Å². The number of nitrogens with zero attached hydrogens (tertiary/aromatic N) is 3. The molecule has 0 saturated carbocycles. The van der Waals surface area contributed by atoms with Gasteiger partial charge in [-0.2, -0.15) is 4.98 Å². The SMILES string of the molecule is Cc1cc(C)n(CCNC(C)C(=O)Nc2nccs2)c(=O)n1. The number of aryl methyl sites for hydroxylation is 2. The summed E-state index contributed by atoms with van der Waals surface area (Å²) < 4.78 is 1.59. The molecule has 8 heteroatoms. The fraction of sp³-hybridized carbons (Fsp3) is 0.429. The van der Waals surface area contributed by atoms with Crippen LogP contribution in [-0.4, -0.2) is 33.0 Å². The van der Waals surface area contributed by atoms with Gasteiger partial charge in [0.05, 0.1) is 6.04 Å². The van der Waals surface area contributed by atoms with E-state index in [9.17, 15) is 9.59 Å². The van der Waals surface area contributed by atoms with E-state index in [-0.39, 0.29) is 17.6 Å². The van der Waals surface area contributed by atoms with Gasteiger partial charge in [-0.05, 0) is 26.8 Å². The third-order valence-electron chi connectivity index (χ3n) is 3.19. The Balaban J connectivity index is 1.86. The van der Waals surface area contributed by atoms with Gasteiger partial charge in [0, 0.05) is 36.1 Å². The molecule has 0 aromatic carbocycles. The van der Waals surface area contributed by atoms with Crippen molar-refractivity contribution in [2.45, 2.75) is 33.4 Å². The molecule has 1 unspecified atom stereocenters. The van der Waals surface area contributed by atoms with Crippen LogP contribution in [0.3, 0.4) is 0 Å². The van der Waals surface area contributed by atoms with Crippen LogP contribution in [0.25, 0.3) is 0 Å². The van der Waals surface area contributed by atoms with Crippen LogP contribution < -0.4 is 16.3 Å². The lowest BCUT2D eigenvalue weighted by molar-refractivity contribution is -0.117. The normalized spacial score (nSPS) is 12.1. The molecule has 2 aromatic rings. The molecule has 2 heterocycles. The van der Waals surface area contributed by atoms with Crippen molar-refractivity contribution in [2.75, 3.05) is 11.9 Å². The molecule has 0 saturated heterocycles. The molecule has 7 nitrogen and oxygen atoms in total. The number of rotatable bonds is 6. The monoisotopic (exact) mass is 321 g/mol. The number of thiazole rings is 1. The van der Waals surface area contributed by atoms with Gasteiger partial charge in [0.2, 0.25) is 5.91 Å². The highest BCUT2D eigenvalue weighted by Crippen LogP contribution is 2.10. The second-order valence-corrected chi connectivity index (χ2v) is 5.87. The topological polar surface area (TPSA) is 88.9 Å². The molecule has 1 amide bonds. The summed E-state index contributed by atoms with van der Waals surface area (Å²) in [5.41, 5.74) is 1.31. The summed E-state index contributed by atoms with van der Waals surface area (Å²) in [6.45, 7) is 6.40. The lowest BCUT2D eigenvalue weighted by atomic mass is 10.3. The first kappa shape index (κ1) is 16.3. The predicted octanol–water partition coefficient (Wildman–Crippen LogP) is 0.933. The maximum Gasteiger partial charge on any atom is 0.347 e. The molecule has 0 bridgehead atoms. The molecule has 0 fully saturated rings. The standard InChI is InChI=1S/C14H19N5O2S/c1-9-8-10(2)19(14(21)17-9)6-4-15-11(3)12(20)18-13-16-5-7-22-13/h5,7-8,11,15H,4,6H2,1-3H3,(H,16,18,20). The van der Waals surface area contributed by atoms with E-state index in [1.807, 2.05) is 13.0 Å². The minimum atomic E-state index is -0.377. The largest absolute Gasteiger partial charge is 0.347 e. The summed E-state index contributed by atoms with van der Waals surface area (Å²) in [7, 11) is 0. The molecule has 118 valence electrons. The van der Waals surface area contributed by atoms with E-state index in [0.717, 1.165) is 5.69 Å². The molecule has 0 aliphatic rings. The number of amides is 1. The van der Waals surface area contributed by atoms with Crippen molar-refractivity contribution in [1.82, 2.24) is 19.9 Å². The summed E-state index contributed by atoms with van der Waals surface area (Å²) in [5.74, 6) is -0.152. The molecule has 22 heavy (non-hydrogen) atoms. The summed E-state index contributed by atoms with van der Waals surface area (Å²) >= 11 is 1.37. The van der Waals surface area contributed by atoms with Crippen LogP contribution in [0.2, 0.25) is 0 Å². The third kappa shape index (κ3) is 4.22. The Bertz CT molecular complexity index is 696. The van der Waals surface area contributed by atoms with Crippen LogP contribution in [0.15, 0.2) is 22.4 Å². The fourth-order valence-electron chi connectivity index (χ4n) is 2.03. The predicted molar refractivity (Wildman–Crippen MR) is 86.2 cm³/mol. The van der Waals surface area contributed by atoms with Crippen molar-refractivity contribution in [3.8, 4) is 0 Å². The Morgan fingerprint density at radius 2 is 2.23 bits per heavy atom. The second-order valence-electron chi connectivity index (χ2n) is 4.98. The van der Waals surface area contributed by atoms with Crippen LogP contribution in [0, 0.1) is 13.8 Å². The van der Waals surface area contributed by atoms with Crippen LogP contribution in [0.5, 0.6) is 0 Å². The number of aromatic nitrogens is 3. The van der Waals surface area contributed by atoms with Gasteiger partial charge < -0.3 is 10.6 Å². The zero-order valence-electron chi connectivity index (χ0n) is 12.8. The second kappa shape index (κ2) is 7.28. The first-order chi connectivity index (χ1) is 10.5. The highest BCUT2D eigenvalue weighted by atomic mass is 32.1. The highest BCUT2D eigenvalue weighted by Gasteiger charge is 2.13. The smallest absolute Gasteiger partial charge is 0.304 e. The molecule has 2 rings (SSSR count). The number of nitrogens with one attached hydrogen (secondary N) is 2. The lowest BCUT2D eigenvalue weighted by Crippen LogP contribution is -2.40. The van der Waals surface area contributed by atoms with E-state index in [1.54, 1.807) is 30.0 Å². The first-order valence-electron chi connectivity index (χ1n) is 6.96. The Morgan fingerprint density at radius 1 is 1.45 bits per heavy atom. The zero-order valence-corrected chi connectivity index (χ0v) is 13.6. The number of carbonyl (C=O) groups excluding carboxylic acids is 1. The van der Waals surface area contributed by atoms with Crippen molar-refractivity contribution in [3.05, 3.63) is 39.5 Å². The zero-order chi connectivity index (χ0) is 16.1. The van der Waals surface area contributed by atoms with E-state index in [1.165, 1.54) is 11.3 Å². The summed E-state index contributed by atoms with van der Waals surface area (Å²) in [6.07, 6.45) is 1.64. The van der Waals surface area contributed by atoms with Gasteiger partial charge in [0.1, 0.15) is 0 Å². The molecular formula is C14H19N5O2S. The molecule has 1 atom stereocenters. The maximum absolute atomic E-state index is 11.9. The average Bonchev–Trinajstić information content (AvgIpc) is 2.94. The third-order valence-corrected chi connectivity index (χ3v) is 3.88. The van der Waals surface area contributed by atoms with Crippen LogP contribution >= 0.6 is 11.3 Å². The van der Waals surface area contributed by atoms with Crippen molar-refractivity contribution in [1.29, 1.82) is 0 Å². The number of hydrogen-bond acceptors (Lipinski definition) is 6. The van der Waals surface area contributed by atoms with Gasteiger partial charge in [0.15, 0.2) is 5.13 Å². The Kier molecular flexibility index (Phi) is 5.40. The summed E-state index contributed by atoms with van der Waals surface area (Å²) in [5, 5.41) is 8.19.